The fraction of sp³-hybridized carbons (Fsp3) is 0.174. The monoisotopic (exact) mass is 358 g/mol. The minimum absolute atomic E-state index is 0.0930. The Morgan fingerprint density at radius 3 is 2.04 bits per heavy atom. The third-order valence-corrected chi connectivity index (χ3v) is 4.98. The molecule has 0 saturated heterocycles. The van der Waals surface area contributed by atoms with Crippen molar-refractivity contribution < 1.29 is 9.53 Å². The molecule has 0 fully saturated rings. The van der Waals surface area contributed by atoms with Gasteiger partial charge < -0.3 is 15.0 Å². The van der Waals surface area contributed by atoms with Gasteiger partial charge in [-0.15, -0.1) is 0 Å². The molecule has 0 aliphatic heterocycles. The van der Waals surface area contributed by atoms with Crippen LogP contribution in [0.4, 0.5) is 10.5 Å². The molecule has 1 aliphatic rings. The molecule has 0 spiro atoms. The highest BCUT2D eigenvalue weighted by atomic mass is 16.5. The first-order valence-corrected chi connectivity index (χ1v) is 9.12. The van der Waals surface area contributed by atoms with Crippen LogP contribution < -0.4 is 10.1 Å². The van der Waals surface area contributed by atoms with Gasteiger partial charge in [-0.25, -0.2) is 4.79 Å². The lowest BCUT2D eigenvalue weighted by Gasteiger charge is -2.24. The van der Waals surface area contributed by atoms with Crippen molar-refractivity contribution in [1.29, 1.82) is 0 Å². The summed E-state index contributed by atoms with van der Waals surface area (Å²) >= 11 is 0. The molecule has 4 heteroatoms. The topological polar surface area (TPSA) is 41.6 Å². The molecule has 0 atom stereocenters. The molecule has 0 radical (unpaired) electrons. The minimum atomic E-state index is -0.0930. The molecule has 1 aliphatic carbocycles. The van der Waals surface area contributed by atoms with Crippen LogP contribution in [-0.2, 0) is 12.8 Å². The second-order valence-electron chi connectivity index (χ2n) is 6.81. The van der Waals surface area contributed by atoms with Crippen LogP contribution in [0.2, 0.25) is 0 Å². The van der Waals surface area contributed by atoms with E-state index in [2.05, 4.69) is 29.6 Å². The van der Waals surface area contributed by atoms with E-state index in [0.717, 1.165) is 30.0 Å². The molecule has 4 nitrogen and oxygen atoms in total. The smallest absolute Gasteiger partial charge is 0.321 e. The van der Waals surface area contributed by atoms with Crippen LogP contribution in [0.25, 0.3) is 0 Å². The number of urea groups is 1. The highest BCUT2D eigenvalue weighted by Crippen LogP contribution is 2.26. The van der Waals surface area contributed by atoms with Crippen molar-refractivity contribution in [2.45, 2.75) is 18.9 Å². The summed E-state index contributed by atoms with van der Waals surface area (Å²) in [4.78, 5) is 14.4. The van der Waals surface area contributed by atoms with Crippen LogP contribution in [0.3, 0.4) is 0 Å². The highest BCUT2D eigenvalue weighted by molar-refractivity contribution is 5.89. The predicted octanol–water partition coefficient (Wildman–Crippen LogP) is 5.11. The molecule has 2 amide bonds. The van der Waals surface area contributed by atoms with Gasteiger partial charge in [0.05, 0.1) is 0 Å². The third-order valence-electron chi connectivity index (χ3n) is 4.98. The molecule has 1 N–H and O–H groups in total. The number of carbonyl (C=O) groups is 1. The number of anilines is 1. The zero-order valence-electron chi connectivity index (χ0n) is 15.3. The van der Waals surface area contributed by atoms with Gasteiger partial charge in [-0.3, -0.25) is 0 Å². The van der Waals surface area contributed by atoms with Gasteiger partial charge >= 0.3 is 6.03 Å². The van der Waals surface area contributed by atoms with E-state index in [1.807, 2.05) is 61.6 Å². The average Bonchev–Trinajstić information content (AvgIpc) is 3.14. The van der Waals surface area contributed by atoms with Crippen molar-refractivity contribution in [3.05, 3.63) is 90.0 Å². The van der Waals surface area contributed by atoms with Crippen LogP contribution in [0.1, 0.15) is 11.1 Å². The average molecular weight is 358 g/mol. The molecule has 0 unspecified atom stereocenters. The Bertz CT molecular complexity index is 898. The Balaban J connectivity index is 1.35. The molecule has 3 aromatic rings. The van der Waals surface area contributed by atoms with E-state index in [4.69, 9.17) is 4.74 Å². The zero-order chi connectivity index (χ0) is 18.6. The number of amides is 2. The van der Waals surface area contributed by atoms with Gasteiger partial charge in [0, 0.05) is 18.8 Å². The summed E-state index contributed by atoms with van der Waals surface area (Å²) in [7, 11) is 1.86. The first kappa shape index (κ1) is 17.2. The van der Waals surface area contributed by atoms with Crippen LogP contribution in [0, 0.1) is 0 Å². The first-order chi connectivity index (χ1) is 13.2. The van der Waals surface area contributed by atoms with Gasteiger partial charge in [-0.1, -0.05) is 42.5 Å². The van der Waals surface area contributed by atoms with Crippen LogP contribution >= 0.6 is 0 Å². The SMILES string of the molecule is CN(C(=O)Nc1ccc(Oc2ccccc2)cc1)C1Cc2ccccc2C1. The number of nitrogens with zero attached hydrogens (tertiary/aromatic N) is 1. The standard InChI is InChI=1S/C23H22N2O2/c1-25(20-15-17-7-5-6-8-18(17)16-20)23(26)24-19-11-13-22(14-12-19)27-21-9-3-2-4-10-21/h2-14,20H,15-16H2,1H3,(H,24,26). The fourth-order valence-corrected chi connectivity index (χ4v) is 3.42. The number of benzene rings is 3. The van der Waals surface area contributed by atoms with Crippen LogP contribution in [0.5, 0.6) is 11.5 Å². The van der Waals surface area contributed by atoms with Gasteiger partial charge in [0.15, 0.2) is 0 Å². The fourth-order valence-electron chi connectivity index (χ4n) is 3.42. The lowest BCUT2D eigenvalue weighted by atomic mass is 10.1. The Labute approximate surface area is 159 Å². The Kier molecular flexibility index (Phi) is 4.79. The minimum Gasteiger partial charge on any atom is -0.457 e. The van der Waals surface area contributed by atoms with E-state index in [0.29, 0.717) is 0 Å². The first-order valence-electron chi connectivity index (χ1n) is 9.12. The summed E-state index contributed by atoms with van der Waals surface area (Å²) in [6.45, 7) is 0. The second-order valence-corrected chi connectivity index (χ2v) is 6.81. The zero-order valence-corrected chi connectivity index (χ0v) is 15.3. The molecule has 0 aromatic heterocycles. The van der Waals surface area contributed by atoms with E-state index in [-0.39, 0.29) is 12.1 Å². The summed E-state index contributed by atoms with van der Waals surface area (Å²) in [6.07, 6.45) is 1.81. The van der Waals surface area contributed by atoms with E-state index < -0.39 is 0 Å². The number of nitrogens with one attached hydrogen (secondary N) is 1. The molecule has 0 bridgehead atoms. The Morgan fingerprint density at radius 1 is 0.852 bits per heavy atom. The number of para-hydroxylation sites is 1. The van der Waals surface area contributed by atoms with E-state index >= 15 is 0 Å². The summed E-state index contributed by atoms with van der Waals surface area (Å²) in [6, 6.07) is 25.6. The summed E-state index contributed by atoms with van der Waals surface area (Å²) in [5.74, 6) is 1.52. The number of hydrogen-bond acceptors (Lipinski definition) is 2. The van der Waals surface area contributed by atoms with Crippen molar-refractivity contribution in [3.8, 4) is 11.5 Å². The van der Waals surface area contributed by atoms with Crippen molar-refractivity contribution in [3.63, 3.8) is 0 Å². The van der Waals surface area contributed by atoms with Gasteiger partial charge in [0.1, 0.15) is 11.5 Å². The molecule has 27 heavy (non-hydrogen) atoms. The number of likely N-dealkylation sites (N-methyl/N-ethyl adjacent to an activating group) is 1. The highest BCUT2D eigenvalue weighted by Gasteiger charge is 2.27. The van der Waals surface area contributed by atoms with Gasteiger partial charge in [0.25, 0.3) is 0 Å². The molecule has 4 rings (SSSR count). The van der Waals surface area contributed by atoms with E-state index in [9.17, 15) is 4.79 Å². The third kappa shape index (κ3) is 3.95. The van der Waals surface area contributed by atoms with Crippen molar-refractivity contribution >= 4 is 11.7 Å². The van der Waals surface area contributed by atoms with Crippen LogP contribution in [0.15, 0.2) is 78.9 Å². The van der Waals surface area contributed by atoms with Gasteiger partial charge in [-0.05, 0) is 60.4 Å². The van der Waals surface area contributed by atoms with Crippen molar-refractivity contribution in [1.82, 2.24) is 4.90 Å². The van der Waals surface area contributed by atoms with Gasteiger partial charge in [0.2, 0.25) is 0 Å². The molecule has 3 aromatic carbocycles. The predicted molar refractivity (Wildman–Crippen MR) is 107 cm³/mol. The summed E-state index contributed by atoms with van der Waals surface area (Å²) < 4.78 is 5.78. The number of carbonyl (C=O) groups excluding carboxylic acids is 1. The van der Waals surface area contributed by atoms with Crippen molar-refractivity contribution in [2.75, 3.05) is 12.4 Å². The van der Waals surface area contributed by atoms with Gasteiger partial charge in [-0.2, -0.15) is 0 Å². The lowest BCUT2D eigenvalue weighted by Crippen LogP contribution is -2.40. The van der Waals surface area contributed by atoms with Crippen LogP contribution in [-0.4, -0.2) is 24.0 Å². The molecule has 0 saturated carbocycles. The molecular weight excluding hydrogens is 336 g/mol. The maximum Gasteiger partial charge on any atom is 0.321 e. The normalized spacial score (nSPS) is 13.1. The van der Waals surface area contributed by atoms with Crippen molar-refractivity contribution in [2.24, 2.45) is 0 Å². The number of rotatable bonds is 4. The Morgan fingerprint density at radius 2 is 1.41 bits per heavy atom. The lowest BCUT2D eigenvalue weighted by molar-refractivity contribution is 0.205. The van der Waals surface area contributed by atoms with E-state index in [1.165, 1.54) is 11.1 Å². The summed E-state index contributed by atoms with van der Waals surface area (Å²) in [5.41, 5.74) is 3.43. The Hall–Kier alpha value is -3.27. The maximum atomic E-state index is 12.6. The quantitative estimate of drug-likeness (QED) is 0.704. The number of fused-ring (bicyclic) bond motifs is 1. The van der Waals surface area contributed by atoms with E-state index in [1.54, 1.807) is 4.90 Å². The largest absolute Gasteiger partial charge is 0.457 e. The molecular formula is C23H22N2O2. The summed E-state index contributed by atoms with van der Waals surface area (Å²) in [5, 5.41) is 2.97. The number of hydrogen-bond donors (Lipinski definition) is 1. The maximum absolute atomic E-state index is 12.6. The molecule has 136 valence electrons. The second kappa shape index (κ2) is 7.54. The number of ether oxygens (including phenoxy) is 1. The molecule has 0 heterocycles.